The van der Waals surface area contributed by atoms with Crippen molar-refractivity contribution in [2.75, 3.05) is 47.2 Å². The Hall–Kier alpha value is -3.36. The van der Waals surface area contributed by atoms with Gasteiger partial charge in [-0.15, -0.1) is 11.3 Å². The number of hydrogen-bond acceptors (Lipinski definition) is 5. The Morgan fingerprint density at radius 1 is 0.833 bits per heavy atom. The van der Waals surface area contributed by atoms with Crippen LogP contribution in [0.15, 0.2) is 66.7 Å². The van der Waals surface area contributed by atoms with Gasteiger partial charge in [-0.2, -0.15) is 0 Å². The van der Waals surface area contributed by atoms with Gasteiger partial charge in [0, 0.05) is 18.8 Å². The average Bonchev–Trinajstić information content (AvgIpc) is 3.24. The molecule has 4 rings (SSSR count). The second-order valence-electron chi connectivity index (χ2n) is 6.68. The molecule has 0 saturated carbocycles. The molecule has 1 saturated heterocycles. The molecule has 7 nitrogen and oxygen atoms in total. The van der Waals surface area contributed by atoms with E-state index in [0.29, 0.717) is 28.8 Å². The van der Waals surface area contributed by atoms with Gasteiger partial charge in [0.1, 0.15) is 0 Å². The molecule has 30 heavy (non-hydrogen) atoms. The van der Waals surface area contributed by atoms with Gasteiger partial charge in [-0.3, -0.25) is 10.1 Å². The zero-order chi connectivity index (χ0) is 20.8. The van der Waals surface area contributed by atoms with Crippen molar-refractivity contribution in [1.82, 2.24) is 0 Å². The van der Waals surface area contributed by atoms with Crippen molar-refractivity contribution in [3.05, 3.63) is 71.6 Å². The summed E-state index contributed by atoms with van der Waals surface area (Å²) in [5.41, 5.74) is 2.43. The number of amides is 3. The van der Waals surface area contributed by atoms with Crippen LogP contribution in [0.2, 0.25) is 0 Å². The van der Waals surface area contributed by atoms with E-state index in [1.807, 2.05) is 42.5 Å². The number of carbonyl (C=O) groups is 2. The third-order valence-electron chi connectivity index (χ3n) is 4.60. The van der Waals surface area contributed by atoms with Crippen molar-refractivity contribution in [2.24, 2.45) is 0 Å². The molecule has 1 aliphatic heterocycles. The van der Waals surface area contributed by atoms with E-state index in [0.717, 1.165) is 24.5 Å². The molecule has 3 amide bonds. The number of urea groups is 1. The predicted octanol–water partition coefficient (Wildman–Crippen LogP) is 4.48. The Balaban J connectivity index is 1.39. The van der Waals surface area contributed by atoms with E-state index < -0.39 is 0 Å². The highest BCUT2D eigenvalue weighted by Crippen LogP contribution is 2.28. The summed E-state index contributed by atoms with van der Waals surface area (Å²) in [5, 5.41) is 9.10. The molecule has 0 unspecified atom stereocenters. The normalized spacial score (nSPS) is 13.5. The Bertz CT molecular complexity index is 1020. The molecule has 1 fully saturated rings. The first kappa shape index (κ1) is 19.9. The molecule has 2 aromatic carbocycles. The van der Waals surface area contributed by atoms with E-state index in [2.05, 4.69) is 20.9 Å². The largest absolute Gasteiger partial charge is 0.378 e. The Morgan fingerprint density at radius 3 is 2.37 bits per heavy atom. The van der Waals surface area contributed by atoms with Crippen LogP contribution in [-0.2, 0) is 4.74 Å². The van der Waals surface area contributed by atoms with E-state index in [1.54, 1.807) is 24.3 Å². The van der Waals surface area contributed by atoms with Crippen LogP contribution in [-0.4, -0.2) is 38.2 Å². The maximum Gasteiger partial charge on any atom is 0.324 e. The molecule has 3 aromatic rings. The molecule has 0 radical (unpaired) electrons. The quantitative estimate of drug-likeness (QED) is 0.566. The van der Waals surface area contributed by atoms with Gasteiger partial charge < -0.3 is 20.3 Å². The van der Waals surface area contributed by atoms with Gasteiger partial charge >= 0.3 is 6.03 Å². The molecular weight excluding hydrogens is 400 g/mol. The minimum atomic E-state index is -0.354. The van der Waals surface area contributed by atoms with Gasteiger partial charge in [0.25, 0.3) is 5.91 Å². The highest BCUT2D eigenvalue weighted by molar-refractivity contribution is 7.18. The van der Waals surface area contributed by atoms with Crippen LogP contribution in [0.3, 0.4) is 0 Å². The van der Waals surface area contributed by atoms with Crippen LogP contribution in [0.4, 0.5) is 26.9 Å². The van der Waals surface area contributed by atoms with Gasteiger partial charge in [-0.25, -0.2) is 4.79 Å². The van der Waals surface area contributed by atoms with Crippen LogP contribution >= 0.6 is 11.3 Å². The summed E-state index contributed by atoms with van der Waals surface area (Å²) in [4.78, 5) is 27.6. The summed E-state index contributed by atoms with van der Waals surface area (Å²) in [7, 11) is 0. The minimum Gasteiger partial charge on any atom is -0.378 e. The van der Waals surface area contributed by atoms with Crippen LogP contribution in [0.5, 0.6) is 0 Å². The lowest BCUT2D eigenvalue weighted by atomic mass is 10.2. The number of ether oxygens (including phenoxy) is 1. The van der Waals surface area contributed by atoms with Crippen LogP contribution in [0.25, 0.3) is 0 Å². The fourth-order valence-corrected chi connectivity index (χ4v) is 3.96. The lowest BCUT2D eigenvalue weighted by Gasteiger charge is -2.30. The number of hydrogen-bond donors (Lipinski definition) is 3. The van der Waals surface area contributed by atoms with Crippen molar-refractivity contribution in [3.8, 4) is 0 Å². The number of morpholine rings is 1. The standard InChI is InChI=1S/C22H22N4O3S/c27-21(24-17-8-4-5-9-18(17)26-12-14-29-15-13-26)19-10-11-20(30-19)25-22(28)23-16-6-2-1-3-7-16/h1-11H,12-15H2,(H,24,27)(H2,23,25,28). The molecule has 1 aromatic heterocycles. The van der Waals surface area contributed by atoms with Gasteiger partial charge in [0.2, 0.25) is 0 Å². The van der Waals surface area contributed by atoms with E-state index in [-0.39, 0.29) is 11.9 Å². The summed E-state index contributed by atoms with van der Waals surface area (Å²) >= 11 is 1.22. The first-order valence-electron chi connectivity index (χ1n) is 9.65. The average molecular weight is 423 g/mol. The molecule has 8 heteroatoms. The third kappa shape index (κ3) is 4.97. The van der Waals surface area contributed by atoms with E-state index in [1.165, 1.54) is 11.3 Å². The molecule has 0 spiro atoms. The molecule has 0 aliphatic carbocycles. The molecule has 0 bridgehead atoms. The van der Waals surface area contributed by atoms with Crippen molar-refractivity contribution < 1.29 is 14.3 Å². The number of anilines is 4. The Labute approximate surface area is 178 Å². The SMILES string of the molecule is O=C(Nc1ccccc1)Nc1ccc(C(=O)Nc2ccccc2N2CCOCC2)s1. The highest BCUT2D eigenvalue weighted by Gasteiger charge is 2.17. The zero-order valence-electron chi connectivity index (χ0n) is 16.3. The molecule has 0 atom stereocenters. The van der Waals surface area contributed by atoms with Gasteiger partial charge in [0.05, 0.1) is 34.5 Å². The van der Waals surface area contributed by atoms with E-state index in [9.17, 15) is 9.59 Å². The number of nitrogens with one attached hydrogen (secondary N) is 3. The molecule has 1 aliphatic rings. The fraction of sp³-hybridized carbons (Fsp3) is 0.182. The second-order valence-corrected chi connectivity index (χ2v) is 7.76. The van der Waals surface area contributed by atoms with Crippen LogP contribution < -0.4 is 20.9 Å². The van der Waals surface area contributed by atoms with Crippen LogP contribution in [0, 0.1) is 0 Å². The maximum absolute atomic E-state index is 12.8. The van der Waals surface area contributed by atoms with Crippen molar-refractivity contribution in [1.29, 1.82) is 0 Å². The van der Waals surface area contributed by atoms with E-state index >= 15 is 0 Å². The Kier molecular flexibility index (Phi) is 6.26. The first-order chi connectivity index (χ1) is 14.7. The van der Waals surface area contributed by atoms with Gasteiger partial charge in [0.15, 0.2) is 0 Å². The number of benzene rings is 2. The number of nitrogens with zero attached hydrogens (tertiary/aromatic N) is 1. The summed E-state index contributed by atoms with van der Waals surface area (Å²) < 4.78 is 5.42. The lowest BCUT2D eigenvalue weighted by molar-refractivity contribution is 0.103. The topological polar surface area (TPSA) is 82.7 Å². The number of para-hydroxylation sites is 3. The molecular formula is C22H22N4O3S. The number of thiophene rings is 1. The van der Waals surface area contributed by atoms with E-state index in [4.69, 9.17) is 4.74 Å². The maximum atomic E-state index is 12.8. The fourth-order valence-electron chi connectivity index (χ4n) is 3.17. The minimum absolute atomic E-state index is 0.211. The van der Waals surface area contributed by atoms with Gasteiger partial charge in [-0.05, 0) is 36.4 Å². The summed E-state index contributed by atoms with van der Waals surface area (Å²) in [6.45, 7) is 2.92. The third-order valence-corrected chi connectivity index (χ3v) is 5.60. The van der Waals surface area contributed by atoms with Gasteiger partial charge in [-0.1, -0.05) is 30.3 Å². The van der Waals surface area contributed by atoms with Crippen LogP contribution in [0.1, 0.15) is 9.67 Å². The number of rotatable bonds is 5. The summed E-state index contributed by atoms with van der Waals surface area (Å²) in [6, 6.07) is 20.0. The summed E-state index contributed by atoms with van der Waals surface area (Å²) in [5.74, 6) is -0.211. The molecule has 3 N–H and O–H groups in total. The van der Waals surface area contributed by atoms with Crippen molar-refractivity contribution in [3.63, 3.8) is 0 Å². The molecule has 154 valence electrons. The monoisotopic (exact) mass is 422 g/mol. The highest BCUT2D eigenvalue weighted by atomic mass is 32.1. The predicted molar refractivity (Wildman–Crippen MR) is 121 cm³/mol. The van der Waals surface area contributed by atoms with Crippen molar-refractivity contribution in [2.45, 2.75) is 0 Å². The molecule has 2 heterocycles. The zero-order valence-corrected chi connectivity index (χ0v) is 17.1. The smallest absolute Gasteiger partial charge is 0.324 e. The second kappa shape index (κ2) is 9.43. The first-order valence-corrected chi connectivity index (χ1v) is 10.5. The number of carbonyl (C=O) groups excluding carboxylic acids is 2. The summed E-state index contributed by atoms with van der Waals surface area (Å²) in [6.07, 6.45) is 0. The van der Waals surface area contributed by atoms with Crippen molar-refractivity contribution >= 4 is 45.3 Å². The lowest BCUT2D eigenvalue weighted by Crippen LogP contribution is -2.36. The Morgan fingerprint density at radius 2 is 1.57 bits per heavy atom.